The summed E-state index contributed by atoms with van der Waals surface area (Å²) in [6.07, 6.45) is 2.27. The van der Waals surface area contributed by atoms with Crippen LogP contribution in [-0.2, 0) is 11.2 Å². The molecule has 0 radical (unpaired) electrons. The molecule has 86 valence electrons. The molecule has 3 heteroatoms. The lowest BCUT2D eigenvalue weighted by Gasteiger charge is -2.48. The number of rotatable bonds is 0. The van der Waals surface area contributed by atoms with Crippen molar-refractivity contribution >= 4 is 11.8 Å². The van der Waals surface area contributed by atoms with Crippen LogP contribution >= 0.6 is 11.8 Å². The molecule has 2 nitrogen and oxygen atoms in total. The molecule has 0 aliphatic carbocycles. The third-order valence-electron chi connectivity index (χ3n) is 3.89. The number of likely N-dealkylation sites (N-methyl/N-ethyl adjacent to an activating group) is 1. The smallest absolute Gasteiger partial charge is 0.115 e. The monoisotopic (exact) mass is 235 g/mol. The van der Waals surface area contributed by atoms with Gasteiger partial charge in [0.2, 0.25) is 0 Å². The van der Waals surface area contributed by atoms with Gasteiger partial charge in [0.25, 0.3) is 0 Å². The van der Waals surface area contributed by atoms with Crippen molar-refractivity contribution in [3.05, 3.63) is 29.3 Å². The van der Waals surface area contributed by atoms with Crippen molar-refractivity contribution in [2.24, 2.45) is 0 Å². The van der Waals surface area contributed by atoms with Crippen LogP contribution in [0.4, 0.5) is 0 Å². The second kappa shape index (κ2) is 3.41. The van der Waals surface area contributed by atoms with E-state index in [0.29, 0.717) is 11.1 Å². The van der Waals surface area contributed by atoms with Crippen LogP contribution in [0.3, 0.4) is 0 Å². The van der Waals surface area contributed by atoms with Gasteiger partial charge < -0.3 is 5.11 Å². The molecule has 16 heavy (non-hydrogen) atoms. The number of thioether (sulfide) groups is 1. The van der Waals surface area contributed by atoms with Gasteiger partial charge in [0, 0.05) is 11.3 Å². The highest BCUT2D eigenvalue weighted by Gasteiger charge is 2.42. The highest BCUT2D eigenvalue weighted by molar-refractivity contribution is 8.00. The van der Waals surface area contributed by atoms with Gasteiger partial charge in [-0.1, -0.05) is 6.07 Å². The van der Waals surface area contributed by atoms with E-state index in [1.807, 2.05) is 23.9 Å². The van der Waals surface area contributed by atoms with Crippen molar-refractivity contribution in [1.82, 2.24) is 4.90 Å². The molecule has 2 bridgehead atoms. The van der Waals surface area contributed by atoms with Crippen LogP contribution in [0, 0.1) is 0 Å². The Hall–Kier alpha value is -0.670. The molecule has 3 rings (SSSR count). The van der Waals surface area contributed by atoms with Crippen molar-refractivity contribution < 1.29 is 5.11 Å². The summed E-state index contributed by atoms with van der Waals surface area (Å²) in [7, 11) is 2.21. The molecule has 1 aromatic rings. The Balaban J connectivity index is 2.11. The second-order valence-electron chi connectivity index (χ2n) is 5.08. The summed E-state index contributed by atoms with van der Waals surface area (Å²) in [5.74, 6) is 0.401. The zero-order valence-corrected chi connectivity index (χ0v) is 10.5. The SMILES string of the molecule is CN1CCC2(C)SC1Cc1ccc(O)cc12. The van der Waals surface area contributed by atoms with E-state index in [-0.39, 0.29) is 4.75 Å². The Morgan fingerprint density at radius 2 is 2.31 bits per heavy atom. The highest BCUT2D eigenvalue weighted by Crippen LogP contribution is 2.52. The van der Waals surface area contributed by atoms with Gasteiger partial charge >= 0.3 is 0 Å². The standard InChI is InChI=1S/C13H17NOS/c1-13-5-6-14(2)12(16-13)7-9-3-4-10(15)8-11(9)13/h3-4,8,12,15H,5-7H2,1-2H3. The van der Waals surface area contributed by atoms with Gasteiger partial charge in [0.05, 0.1) is 5.37 Å². The van der Waals surface area contributed by atoms with Crippen molar-refractivity contribution in [3.8, 4) is 5.75 Å². The van der Waals surface area contributed by atoms with Gasteiger partial charge in [-0.2, -0.15) is 0 Å². The first-order valence-corrected chi connectivity index (χ1v) is 6.67. The molecule has 2 heterocycles. The van der Waals surface area contributed by atoms with Crippen LogP contribution < -0.4 is 0 Å². The van der Waals surface area contributed by atoms with E-state index in [0.717, 1.165) is 13.0 Å². The Bertz CT molecular complexity index is 434. The number of phenols is 1. The number of benzene rings is 1. The van der Waals surface area contributed by atoms with Crippen molar-refractivity contribution in [3.63, 3.8) is 0 Å². The summed E-state index contributed by atoms with van der Waals surface area (Å²) < 4.78 is 0.198. The van der Waals surface area contributed by atoms with Gasteiger partial charge in [0.15, 0.2) is 0 Å². The van der Waals surface area contributed by atoms with Crippen molar-refractivity contribution in [1.29, 1.82) is 0 Å². The van der Waals surface area contributed by atoms with E-state index in [1.165, 1.54) is 17.5 Å². The average molecular weight is 235 g/mol. The maximum Gasteiger partial charge on any atom is 0.115 e. The van der Waals surface area contributed by atoms with Gasteiger partial charge in [-0.05, 0) is 50.1 Å². The molecule has 1 saturated heterocycles. The van der Waals surface area contributed by atoms with Crippen LogP contribution in [0.15, 0.2) is 18.2 Å². The maximum absolute atomic E-state index is 9.63. The zero-order chi connectivity index (χ0) is 11.3. The number of fused-ring (bicyclic) bond motifs is 4. The van der Waals surface area contributed by atoms with Crippen molar-refractivity contribution in [2.45, 2.75) is 29.9 Å². The Morgan fingerprint density at radius 3 is 3.12 bits per heavy atom. The Kier molecular flexibility index (Phi) is 2.23. The third-order valence-corrected chi connectivity index (χ3v) is 5.63. The lowest BCUT2D eigenvalue weighted by Crippen LogP contribution is -2.46. The van der Waals surface area contributed by atoms with E-state index in [4.69, 9.17) is 0 Å². The van der Waals surface area contributed by atoms with Crippen LogP contribution in [0.25, 0.3) is 0 Å². The minimum Gasteiger partial charge on any atom is -0.508 e. The van der Waals surface area contributed by atoms with Gasteiger partial charge in [0.1, 0.15) is 5.75 Å². The molecule has 2 atom stereocenters. The van der Waals surface area contributed by atoms with Gasteiger partial charge in [-0.15, -0.1) is 11.8 Å². The molecular formula is C13H17NOS. The predicted molar refractivity (Wildman–Crippen MR) is 67.8 cm³/mol. The normalized spacial score (nSPS) is 33.5. The van der Waals surface area contributed by atoms with E-state index in [9.17, 15) is 5.11 Å². The highest BCUT2D eigenvalue weighted by atomic mass is 32.2. The molecule has 1 fully saturated rings. The first-order valence-electron chi connectivity index (χ1n) is 5.79. The molecule has 0 spiro atoms. The fourth-order valence-corrected chi connectivity index (χ4v) is 4.48. The van der Waals surface area contributed by atoms with Crippen molar-refractivity contribution in [2.75, 3.05) is 13.6 Å². The summed E-state index contributed by atoms with van der Waals surface area (Å²) in [5, 5.41) is 10.2. The fourth-order valence-electron chi connectivity index (χ4n) is 2.80. The minimum absolute atomic E-state index is 0.198. The first kappa shape index (κ1) is 10.5. The summed E-state index contributed by atoms with van der Waals surface area (Å²) in [4.78, 5) is 2.45. The maximum atomic E-state index is 9.63. The average Bonchev–Trinajstić information content (AvgIpc) is 2.26. The van der Waals surface area contributed by atoms with Crippen LogP contribution in [0.2, 0.25) is 0 Å². The summed E-state index contributed by atoms with van der Waals surface area (Å²) in [6.45, 7) is 3.47. The number of hydrogen-bond donors (Lipinski definition) is 1. The molecular weight excluding hydrogens is 218 g/mol. The molecule has 1 aromatic carbocycles. The van der Waals surface area contributed by atoms with E-state index < -0.39 is 0 Å². The van der Waals surface area contributed by atoms with Gasteiger partial charge in [-0.25, -0.2) is 0 Å². The second-order valence-corrected chi connectivity index (χ2v) is 6.76. The van der Waals surface area contributed by atoms with Crippen LogP contribution in [0.1, 0.15) is 24.5 Å². The molecule has 0 aromatic heterocycles. The number of aromatic hydroxyl groups is 1. The summed E-state index contributed by atoms with van der Waals surface area (Å²) >= 11 is 2.05. The van der Waals surface area contributed by atoms with E-state index in [2.05, 4.69) is 24.9 Å². The summed E-state index contributed by atoms with van der Waals surface area (Å²) in [5.41, 5.74) is 2.76. The largest absolute Gasteiger partial charge is 0.508 e. The Labute approximate surface area is 101 Å². The van der Waals surface area contributed by atoms with Crippen LogP contribution in [0.5, 0.6) is 5.75 Å². The number of hydrogen-bond acceptors (Lipinski definition) is 3. The third kappa shape index (κ3) is 1.45. The predicted octanol–water partition coefficient (Wildman–Crippen LogP) is 2.56. The molecule has 0 saturated carbocycles. The zero-order valence-electron chi connectivity index (χ0n) is 9.73. The summed E-state index contributed by atoms with van der Waals surface area (Å²) in [6, 6.07) is 5.87. The fraction of sp³-hybridized carbons (Fsp3) is 0.538. The number of nitrogens with zero attached hydrogens (tertiary/aromatic N) is 1. The van der Waals surface area contributed by atoms with Crippen LogP contribution in [-0.4, -0.2) is 29.0 Å². The molecule has 1 N–H and O–H groups in total. The molecule has 2 aliphatic rings. The molecule has 2 unspecified atom stereocenters. The molecule has 0 amide bonds. The molecule has 2 aliphatic heterocycles. The quantitative estimate of drug-likeness (QED) is 0.747. The minimum atomic E-state index is 0.198. The lowest BCUT2D eigenvalue weighted by molar-refractivity contribution is 0.263. The van der Waals surface area contributed by atoms with Gasteiger partial charge in [-0.3, -0.25) is 4.90 Å². The number of phenolic OH excluding ortho intramolecular Hbond substituents is 1. The first-order chi connectivity index (χ1) is 7.58. The Morgan fingerprint density at radius 1 is 1.50 bits per heavy atom. The lowest BCUT2D eigenvalue weighted by atomic mass is 9.88. The van der Waals surface area contributed by atoms with E-state index >= 15 is 0 Å². The van der Waals surface area contributed by atoms with E-state index in [1.54, 1.807) is 0 Å². The topological polar surface area (TPSA) is 23.5 Å².